The van der Waals surface area contributed by atoms with Crippen molar-refractivity contribution in [1.29, 1.82) is 0 Å². The summed E-state index contributed by atoms with van der Waals surface area (Å²) in [5.41, 5.74) is 0.883. The average Bonchev–Trinajstić information content (AvgIpc) is 2.94. The lowest BCUT2D eigenvalue weighted by Gasteiger charge is -2.22. The highest BCUT2D eigenvalue weighted by molar-refractivity contribution is 5.74. The lowest BCUT2D eigenvalue weighted by atomic mass is 9.98. The number of halogens is 3. The van der Waals surface area contributed by atoms with E-state index in [9.17, 15) is 18.0 Å². The Balaban J connectivity index is 1.95. The highest BCUT2D eigenvalue weighted by Crippen LogP contribution is 2.34. The second-order valence-electron chi connectivity index (χ2n) is 5.53. The standard InChI is InChI=1S/C16H19F3N4O/c1-11(13-8-21-23(2)10-13)22-15(24)20-9-14(16(17,18)19)12-6-4-3-5-7-12/h3-8,10-11,14H,9H2,1-2H3,(H2,20,22,24). The first-order valence-electron chi connectivity index (χ1n) is 7.42. The summed E-state index contributed by atoms with van der Waals surface area (Å²) in [6.07, 6.45) is -1.12. The third-order valence-corrected chi connectivity index (χ3v) is 3.64. The van der Waals surface area contributed by atoms with E-state index < -0.39 is 24.7 Å². The van der Waals surface area contributed by atoms with Gasteiger partial charge in [0, 0.05) is 25.4 Å². The molecule has 1 heterocycles. The van der Waals surface area contributed by atoms with Gasteiger partial charge in [0.25, 0.3) is 0 Å². The summed E-state index contributed by atoms with van der Waals surface area (Å²) in [6.45, 7) is 1.20. The Morgan fingerprint density at radius 1 is 1.25 bits per heavy atom. The van der Waals surface area contributed by atoms with Crippen molar-refractivity contribution in [2.24, 2.45) is 7.05 Å². The maximum Gasteiger partial charge on any atom is 0.397 e. The Hall–Kier alpha value is -2.51. The zero-order chi connectivity index (χ0) is 17.7. The number of hydrogen-bond acceptors (Lipinski definition) is 2. The summed E-state index contributed by atoms with van der Waals surface area (Å²) in [4.78, 5) is 11.9. The largest absolute Gasteiger partial charge is 0.397 e. The Kier molecular flexibility index (Phi) is 5.48. The van der Waals surface area contributed by atoms with Gasteiger partial charge in [-0.3, -0.25) is 4.68 Å². The van der Waals surface area contributed by atoms with Crippen molar-refractivity contribution < 1.29 is 18.0 Å². The number of urea groups is 1. The number of hydrogen-bond donors (Lipinski definition) is 2. The molecule has 1 aromatic carbocycles. The zero-order valence-corrected chi connectivity index (χ0v) is 13.3. The number of aryl methyl sites for hydroxylation is 1. The van der Waals surface area contributed by atoms with Gasteiger partial charge in [-0.2, -0.15) is 18.3 Å². The van der Waals surface area contributed by atoms with Crippen molar-refractivity contribution in [3.8, 4) is 0 Å². The molecule has 1 aromatic heterocycles. The van der Waals surface area contributed by atoms with Crippen molar-refractivity contribution in [3.63, 3.8) is 0 Å². The molecule has 0 aliphatic rings. The minimum absolute atomic E-state index is 0.116. The van der Waals surface area contributed by atoms with Gasteiger partial charge >= 0.3 is 12.2 Å². The Morgan fingerprint density at radius 2 is 1.92 bits per heavy atom. The lowest BCUT2D eigenvalue weighted by molar-refractivity contribution is -0.149. The van der Waals surface area contributed by atoms with E-state index >= 15 is 0 Å². The molecule has 0 saturated heterocycles. The molecular weight excluding hydrogens is 321 g/mol. The molecule has 0 aliphatic heterocycles. The zero-order valence-electron chi connectivity index (χ0n) is 13.3. The molecule has 0 aliphatic carbocycles. The molecule has 24 heavy (non-hydrogen) atoms. The summed E-state index contributed by atoms with van der Waals surface area (Å²) in [5, 5.41) is 8.88. The van der Waals surface area contributed by atoms with Gasteiger partial charge in [-0.15, -0.1) is 0 Å². The molecule has 2 unspecified atom stereocenters. The second kappa shape index (κ2) is 7.37. The minimum Gasteiger partial charge on any atom is -0.337 e. The van der Waals surface area contributed by atoms with Gasteiger partial charge in [-0.1, -0.05) is 30.3 Å². The minimum atomic E-state index is -4.44. The van der Waals surface area contributed by atoms with Gasteiger partial charge in [0.05, 0.1) is 18.2 Å². The van der Waals surface area contributed by atoms with Crippen LogP contribution in [-0.2, 0) is 7.05 Å². The monoisotopic (exact) mass is 340 g/mol. The Labute approximate surface area is 137 Å². The fourth-order valence-electron chi connectivity index (χ4n) is 2.30. The van der Waals surface area contributed by atoms with Crippen LogP contribution in [0.3, 0.4) is 0 Å². The van der Waals surface area contributed by atoms with E-state index in [1.807, 2.05) is 0 Å². The van der Waals surface area contributed by atoms with Gasteiger partial charge in [-0.25, -0.2) is 4.79 Å². The Bertz CT molecular complexity index is 669. The van der Waals surface area contributed by atoms with Crippen LogP contribution in [0.15, 0.2) is 42.7 Å². The maximum absolute atomic E-state index is 13.2. The van der Waals surface area contributed by atoms with E-state index in [-0.39, 0.29) is 11.6 Å². The van der Waals surface area contributed by atoms with Crippen LogP contribution >= 0.6 is 0 Å². The van der Waals surface area contributed by atoms with Crippen LogP contribution in [0.25, 0.3) is 0 Å². The van der Waals surface area contributed by atoms with Crippen LogP contribution in [0.1, 0.15) is 30.0 Å². The number of benzene rings is 1. The molecule has 0 saturated carbocycles. The molecule has 0 spiro atoms. The molecule has 2 atom stereocenters. The summed E-state index contributed by atoms with van der Waals surface area (Å²) in [5.74, 6) is -1.75. The van der Waals surface area contributed by atoms with E-state index in [4.69, 9.17) is 0 Å². The Morgan fingerprint density at radius 3 is 2.46 bits per heavy atom. The van der Waals surface area contributed by atoms with E-state index in [0.29, 0.717) is 0 Å². The fraction of sp³-hybridized carbons (Fsp3) is 0.375. The number of amides is 2. The highest BCUT2D eigenvalue weighted by Gasteiger charge is 2.40. The SMILES string of the molecule is CC(NC(=O)NCC(c1ccccc1)C(F)(F)F)c1cnn(C)c1. The van der Waals surface area contributed by atoms with Crippen LogP contribution < -0.4 is 10.6 Å². The first kappa shape index (κ1) is 17.8. The van der Waals surface area contributed by atoms with Gasteiger partial charge in [0.1, 0.15) is 0 Å². The molecule has 0 bridgehead atoms. The third-order valence-electron chi connectivity index (χ3n) is 3.64. The number of rotatable bonds is 5. The number of alkyl halides is 3. The molecule has 2 N–H and O–H groups in total. The van der Waals surface area contributed by atoms with Crippen LogP contribution in [0.5, 0.6) is 0 Å². The molecule has 0 radical (unpaired) electrons. The van der Waals surface area contributed by atoms with Crippen molar-refractivity contribution in [1.82, 2.24) is 20.4 Å². The maximum atomic E-state index is 13.2. The molecule has 5 nitrogen and oxygen atoms in total. The van der Waals surface area contributed by atoms with Crippen LogP contribution in [0, 0.1) is 0 Å². The lowest BCUT2D eigenvalue weighted by Crippen LogP contribution is -2.41. The van der Waals surface area contributed by atoms with E-state index in [1.54, 1.807) is 49.2 Å². The summed E-state index contributed by atoms with van der Waals surface area (Å²) < 4.78 is 41.2. The normalized spacial score (nSPS) is 14.0. The second-order valence-corrected chi connectivity index (χ2v) is 5.53. The van der Waals surface area contributed by atoms with Gasteiger partial charge < -0.3 is 10.6 Å². The summed E-state index contributed by atoms with van der Waals surface area (Å²) in [6, 6.07) is 6.51. The first-order valence-corrected chi connectivity index (χ1v) is 7.42. The number of nitrogens with one attached hydrogen (secondary N) is 2. The van der Waals surface area contributed by atoms with Crippen LogP contribution in [0.4, 0.5) is 18.0 Å². The highest BCUT2D eigenvalue weighted by atomic mass is 19.4. The summed E-state index contributed by atoms with van der Waals surface area (Å²) >= 11 is 0. The number of carbonyl (C=O) groups excluding carboxylic acids is 1. The quantitative estimate of drug-likeness (QED) is 0.879. The average molecular weight is 340 g/mol. The van der Waals surface area contributed by atoms with Crippen LogP contribution in [-0.4, -0.2) is 28.5 Å². The molecule has 130 valence electrons. The van der Waals surface area contributed by atoms with Crippen molar-refractivity contribution >= 4 is 6.03 Å². The van der Waals surface area contributed by atoms with Gasteiger partial charge in [-0.05, 0) is 12.5 Å². The van der Waals surface area contributed by atoms with E-state index in [1.165, 1.54) is 12.1 Å². The predicted molar refractivity (Wildman–Crippen MR) is 83.4 cm³/mol. The molecule has 8 heteroatoms. The van der Waals surface area contributed by atoms with Gasteiger partial charge in [0.15, 0.2) is 0 Å². The molecule has 2 amide bonds. The number of aromatic nitrogens is 2. The molecule has 0 fully saturated rings. The molecular formula is C16H19F3N4O. The first-order chi connectivity index (χ1) is 11.3. The van der Waals surface area contributed by atoms with Gasteiger partial charge in [0.2, 0.25) is 0 Å². The van der Waals surface area contributed by atoms with E-state index in [0.717, 1.165) is 5.56 Å². The molecule has 2 rings (SSSR count). The number of carbonyl (C=O) groups is 1. The summed E-state index contributed by atoms with van der Waals surface area (Å²) in [7, 11) is 1.74. The third kappa shape index (κ3) is 4.74. The fourth-order valence-corrected chi connectivity index (χ4v) is 2.30. The topological polar surface area (TPSA) is 59.0 Å². The predicted octanol–water partition coefficient (Wildman–Crippen LogP) is 3.13. The van der Waals surface area contributed by atoms with Crippen molar-refractivity contribution in [2.75, 3.05) is 6.54 Å². The van der Waals surface area contributed by atoms with Crippen molar-refractivity contribution in [3.05, 3.63) is 53.9 Å². The van der Waals surface area contributed by atoms with Crippen molar-refractivity contribution in [2.45, 2.75) is 25.1 Å². The molecule has 2 aromatic rings. The number of nitrogens with zero attached hydrogens (tertiary/aromatic N) is 2. The smallest absolute Gasteiger partial charge is 0.337 e. The van der Waals surface area contributed by atoms with E-state index in [2.05, 4.69) is 15.7 Å². The van der Waals surface area contributed by atoms with Crippen LogP contribution in [0.2, 0.25) is 0 Å².